The van der Waals surface area contributed by atoms with Gasteiger partial charge in [-0.1, -0.05) is 42.9 Å². The van der Waals surface area contributed by atoms with Crippen LogP contribution in [0.5, 0.6) is 0 Å². The molecule has 0 heterocycles. The van der Waals surface area contributed by atoms with Crippen LogP contribution in [0.1, 0.15) is 36.2 Å². The lowest BCUT2D eigenvalue weighted by atomic mass is 10.0. The summed E-state index contributed by atoms with van der Waals surface area (Å²) in [6.45, 7) is 3.97. The highest BCUT2D eigenvalue weighted by Crippen LogP contribution is 2.19. The summed E-state index contributed by atoms with van der Waals surface area (Å²) in [5.74, 6) is 0. The standard InChI is InChI=1S/C18H20N2O2/c1-3-16-14(12-21)7-5-9-17(16)20-18(22)19-15-8-4-6-13(2)10-11-15/h5-12H,3-4H2,1-2H3,(H2,19,20,22). The van der Waals surface area contributed by atoms with E-state index in [-0.39, 0.29) is 6.03 Å². The number of nitrogens with one attached hydrogen (secondary N) is 2. The van der Waals surface area contributed by atoms with Crippen molar-refractivity contribution in [2.45, 2.75) is 26.7 Å². The molecular formula is C18H20N2O2. The molecule has 0 spiro atoms. The van der Waals surface area contributed by atoms with Crippen LogP contribution in [0.25, 0.3) is 0 Å². The van der Waals surface area contributed by atoms with Crippen molar-refractivity contribution in [2.24, 2.45) is 0 Å². The van der Waals surface area contributed by atoms with Crippen LogP contribution in [0.4, 0.5) is 10.5 Å². The first kappa shape index (κ1) is 15.8. The zero-order chi connectivity index (χ0) is 15.9. The Morgan fingerprint density at radius 1 is 1.23 bits per heavy atom. The predicted molar refractivity (Wildman–Crippen MR) is 89.0 cm³/mol. The summed E-state index contributed by atoms with van der Waals surface area (Å²) in [4.78, 5) is 23.2. The topological polar surface area (TPSA) is 58.2 Å². The van der Waals surface area contributed by atoms with E-state index in [9.17, 15) is 9.59 Å². The Hall–Kier alpha value is -2.62. The third-order valence-corrected chi connectivity index (χ3v) is 3.50. The number of amides is 2. The lowest BCUT2D eigenvalue weighted by Gasteiger charge is -2.13. The second-order valence-corrected chi connectivity index (χ2v) is 5.10. The van der Waals surface area contributed by atoms with Gasteiger partial charge in [0.15, 0.2) is 0 Å². The lowest BCUT2D eigenvalue weighted by Crippen LogP contribution is -2.28. The van der Waals surface area contributed by atoms with Crippen LogP contribution in [0, 0.1) is 0 Å². The number of anilines is 1. The summed E-state index contributed by atoms with van der Waals surface area (Å²) < 4.78 is 0. The summed E-state index contributed by atoms with van der Waals surface area (Å²) >= 11 is 0. The summed E-state index contributed by atoms with van der Waals surface area (Å²) in [5, 5.41) is 5.63. The monoisotopic (exact) mass is 296 g/mol. The third-order valence-electron chi connectivity index (χ3n) is 3.50. The molecule has 1 aliphatic carbocycles. The number of allylic oxidation sites excluding steroid dienone is 5. The van der Waals surface area contributed by atoms with Gasteiger partial charge >= 0.3 is 6.03 Å². The Morgan fingerprint density at radius 2 is 2.05 bits per heavy atom. The third kappa shape index (κ3) is 3.95. The number of carbonyl (C=O) groups is 2. The number of benzene rings is 1. The second kappa shape index (κ2) is 7.41. The van der Waals surface area contributed by atoms with E-state index >= 15 is 0 Å². The van der Waals surface area contributed by atoms with Crippen molar-refractivity contribution >= 4 is 18.0 Å². The molecule has 114 valence electrons. The maximum atomic E-state index is 12.1. The van der Waals surface area contributed by atoms with Crippen LogP contribution >= 0.6 is 0 Å². The highest BCUT2D eigenvalue weighted by molar-refractivity contribution is 5.93. The zero-order valence-electron chi connectivity index (χ0n) is 12.8. The first-order valence-corrected chi connectivity index (χ1v) is 7.34. The number of urea groups is 1. The van der Waals surface area contributed by atoms with Crippen molar-refractivity contribution in [1.29, 1.82) is 0 Å². The molecule has 0 bridgehead atoms. The van der Waals surface area contributed by atoms with Crippen LogP contribution in [-0.4, -0.2) is 12.3 Å². The fourth-order valence-corrected chi connectivity index (χ4v) is 2.33. The van der Waals surface area contributed by atoms with Crippen LogP contribution in [0.2, 0.25) is 0 Å². The molecule has 0 saturated carbocycles. The van der Waals surface area contributed by atoms with Gasteiger partial charge < -0.3 is 10.6 Å². The lowest BCUT2D eigenvalue weighted by molar-refractivity contribution is 0.112. The van der Waals surface area contributed by atoms with E-state index in [1.807, 2.05) is 32.1 Å². The van der Waals surface area contributed by atoms with E-state index in [4.69, 9.17) is 0 Å². The Kier molecular flexibility index (Phi) is 5.31. The molecule has 4 nitrogen and oxygen atoms in total. The average Bonchev–Trinajstić information content (AvgIpc) is 2.71. The molecule has 22 heavy (non-hydrogen) atoms. The number of hydrogen-bond donors (Lipinski definition) is 2. The molecule has 0 aromatic heterocycles. The van der Waals surface area contributed by atoms with Gasteiger partial charge in [-0.15, -0.1) is 0 Å². The summed E-state index contributed by atoms with van der Waals surface area (Å²) in [6, 6.07) is 5.00. The van der Waals surface area contributed by atoms with Gasteiger partial charge in [0.2, 0.25) is 0 Å². The van der Waals surface area contributed by atoms with Crippen molar-refractivity contribution in [2.75, 3.05) is 5.32 Å². The van der Waals surface area contributed by atoms with Gasteiger partial charge in [-0.25, -0.2) is 4.79 Å². The maximum absolute atomic E-state index is 12.1. The number of rotatable bonds is 4. The van der Waals surface area contributed by atoms with Gasteiger partial charge in [-0.2, -0.15) is 0 Å². The average molecular weight is 296 g/mol. The largest absolute Gasteiger partial charge is 0.323 e. The first-order chi connectivity index (χ1) is 10.6. The molecule has 4 heteroatoms. The van der Waals surface area contributed by atoms with Crippen LogP contribution in [0.15, 0.2) is 53.8 Å². The molecule has 0 unspecified atom stereocenters. The molecule has 1 aliphatic rings. The molecule has 0 aliphatic heterocycles. The van der Waals surface area contributed by atoms with Crippen LogP contribution in [0.3, 0.4) is 0 Å². The second-order valence-electron chi connectivity index (χ2n) is 5.10. The number of aldehydes is 1. The molecule has 0 atom stereocenters. The van der Waals surface area contributed by atoms with E-state index in [1.165, 1.54) is 5.57 Å². The van der Waals surface area contributed by atoms with Gasteiger partial charge in [0.1, 0.15) is 6.29 Å². The van der Waals surface area contributed by atoms with Crippen molar-refractivity contribution in [1.82, 2.24) is 5.32 Å². The smallest absolute Gasteiger partial charge is 0.308 e. The summed E-state index contributed by atoms with van der Waals surface area (Å²) in [7, 11) is 0. The minimum absolute atomic E-state index is 0.312. The Balaban J connectivity index is 2.08. The van der Waals surface area contributed by atoms with Crippen LogP contribution in [-0.2, 0) is 6.42 Å². The van der Waals surface area contributed by atoms with E-state index in [2.05, 4.69) is 16.7 Å². The van der Waals surface area contributed by atoms with Gasteiger partial charge in [0.25, 0.3) is 0 Å². The van der Waals surface area contributed by atoms with E-state index in [0.717, 1.165) is 24.0 Å². The first-order valence-electron chi connectivity index (χ1n) is 7.34. The van der Waals surface area contributed by atoms with Crippen LogP contribution < -0.4 is 10.6 Å². The van der Waals surface area contributed by atoms with Crippen molar-refractivity contribution in [3.05, 3.63) is 64.9 Å². The minimum Gasteiger partial charge on any atom is -0.308 e. The maximum Gasteiger partial charge on any atom is 0.323 e. The normalized spacial score (nSPS) is 13.7. The fourth-order valence-electron chi connectivity index (χ4n) is 2.33. The van der Waals surface area contributed by atoms with Gasteiger partial charge in [-0.05, 0) is 37.5 Å². The summed E-state index contributed by atoms with van der Waals surface area (Å²) in [5.41, 5.74) is 4.04. The van der Waals surface area contributed by atoms with Gasteiger partial charge in [-0.3, -0.25) is 4.79 Å². The molecule has 1 aromatic rings. The number of carbonyl (C=O) groups excluding carboxylic acids is 2. The molecule has 0 fully saturated rings. The van der Waals surface area contributed by atoms with E-state index in [1.54, 1.807) is 18.2 Å². The molecule has 2 amide bonds. The van der Waals surface area contributed by atoms with E-state index in [0.29, 0.717) is 17.7 Å². The minimum atomic E-state index is -0.312. The molecule has 2 rings (SSSR count). The quantitative estimate of drug-likeness (QED) is 0.826. The zero-order valence-corrected chi connectivity index (χ0v) is 12.8. The Morgan fingerprint density at radius 3 is 2.77 bits per heavy atom. The van der Waals surface area contributed by atoms with Gasteiger partial charge in [0.05, 0.1) is 0 Å². The van der Waals surface area contributed by atoms with Crippen molar-refractivity contribution in [3.63, 3.8) is 0 Å². The van der Waals surface area contributed by atoms with Crippen molar-refractivity contribution < 1.29 is 9.59 Å². The molecular weight excluding hydrogens is 276 g/mol. The van der Waals surface area contributed by atoms with E-state index < -0.39 is 0 Å². The molecule has 0 radical (unpaired) electrons. The predicted octanol–water partition coefficient (Wildman–Crippen LogP) is 3.97. The van der Waals surface area contributed by atoms with Gasteiger partial charge in [0, 0.05) is 16.9 Å². The SMILES string of the molecule is CCc1c(C=O)cccc1NC(=O)NC1=CCC=C(C)C=C1. The van der Waals surface area contributed by atoms with Crippen molar-refractivity contribution in [3.8, 4) is 0 Å². The highest BCUT2D eigenvalue weighted by atomic mass is 16.2. The Bertz CT molecular complexity index is 670. The number of hydrogen-bond acceptors (Lipinski definition) is 2. The molecule has 1 aromatic carbocycles. The summed E-state index contributed by atoms with van der Waals surface area (Å²) in [6.07, 6.45) is 10.2. The highest BCUT2D eigenvalue weighted by Gasteiger charge is 2.10. The molecule has 0 saturated heterocycles. The molecule has 2 N–H and O–H groups in total. The fraction of sp³-hybridized carbons (Fsp3) is 0.222. The Labute approximate surface area is 130 Å².